The van der Waals surface area contributed by atoms with Gasteiger partial charge in [-0.2, -0.15) is 0 Å². The summed E-state index contributed by atoms with van der Waals surface area (Å²) in [5, 5.41) is 4.97. The lowest BCUT2D eigenvalue weighted by Gasteiger charge is -2.12. The van der Waals surface area contributed by atoms with Crippen LogP contribution in [0.15, 0.2) is 72.8 Å². The van der Waals surface area contributed by atoms with E-state index in [4.69, 9.17) is 21.6 Å². The van der Waals surface area contributed by atoms with Gasteiger partial charge in [-0.3, -0.25) is 0 Å². The van der Waals surface area contributed by atoms with Crippen LogP contribution in [-0.2, 0) is 0 Å². The van der Waals surface area contributed by atoms with Gasteiger partial charge in [-0.25, -0.2) is 9.97 Å². The zero-order valence-corrected chi connectivity index (χ0v) is 14.5. The molecule has 0 aliphatic carbocycles. The van der Waals surface area contributed by atoms with Gasteiger partial charge in [0.25, 0.3) is 0 Å². The maximum Gasteiger partial charge on any atom is 0.162 e. The number of para-hydroxylation sites is 2. The number of benzene rings is 3. The van der Waals surface area contributed by atoms with Crippen LogP contribution >= 0.6 is 11.6 Å². The fourth-order valence-electron chi connectivity index (χ4n) is 2.69. The van der Waals surface area contributed by atoms with E-state index in [0.717, 1.165) is 28.0 Å². The summed E-state index contributed by atoms with van der Waals surface area (Å²) in [6.07, 6.45) is 0. The van der Waals surface area contributed by atoms with Crippen LogP contribution in [0.1, 0.15) is 5.56 Å². The van der Waals surface area contributed by atoms with Crippen LogP contribution in [0.2, 0.25) is 5.02 Å². The average molecular weight is 346 g/mol. The fourth-order valence-corrected chi connectivity index (χ4v) is 2.88. The number of halogens is 1. The van der Waals surface area contributed by atoms with E-state index in [2.05, 4.69) is 24.4 Å². The Morgan fingerprint density at radius 2 is 1.52 bits per heavy atom. The van der Waals surface area contributed by atoms with Crippen molar-refractivity contribution in [3.63, 3.8) is 0 Å². The van der Waals surface area contributed by atoms with Crippen LogP contribution in [0.5, 0.6) is 0 Å². The molecule has 0 fully saturated rings. The molecule has 0 bridgehead atoms. The van der Waals surface area contributed by atoms with E-state index >= 15 is 0 Å². The number of nitrogens with one attached hydrogen (secondary N) is 1. The number of aryl methyl sites for hydroxylation is 1. The lowest BCUT2D eigenvalue weighted by Crippen LogP contribution is -1.99. The van der Waals surface area contributed by atoms with E-state index in [1.54, 1.807) is 0 Å². The molecule has 3 nitrogen and oxygen atoms in total. The Bertz CT molecular complexity index is 1040. The highest BCUT2D eigenvalue weighted by atomic mass is 35.5. The van der Waals surface area contributed by atoms with Crippen LogP contribution in [0.3, 0.4) is 0 Å². The van der Waals surface area contributed by atoms with E-state index in [1.807, 2.05) is 60.7 Å². The Balaban J connectivity index is 1.87. The highest BCUT2D eigenvalue weighted by Gasteiger charge is 2.10. The van der Waals surface area contributed by atoms with E-state index in [0.29, 0.717) is 10.8 Å². The summed E-state index contributed by atoms with van der Waals surface area (Å²) in [7, 11) is 0. The molecule has 0 aliphatic rings. The third kappa shape index (κ3) is 3.19. The van der Waals surface area contributed by atoms with Gasteiger partial charge >= 0.3 is 0 Å². The van der Waals surface area contributed by atoms with Crippen LogP contribution in [0, 0.1) is 6.92 Å². The van der Waals surface area contributed by atoms with Crippen molar-refractivity contribution in [2.45, 2.75) is 6.92 Å². The normalized spacial score (nSPS) is 10.8. The van der Waals surface area contributed by atoms with Crippen molar-refractivity contribution in [2.75, 3.05) is 5.32 Å². The first kappa shape index (κ1) is 15.6. The molecule has 0 saturated heterocycles. The molecule has 4 aromatic rings. The molecule has 4 rings (SSSR count). The first-order chi connectivity index (χ1) is 12.2. The summed E-state index contributed by atoms with van der Waals surface area (Å²) in [6.45, 7) is 2.06. The van der Waals surface area contributed by atoms with Crippen molar-refractivity contribution in [3.05, 3.63) is 83.4 Å². The molecule has 0 amide bonds. The zero-order chi connectivity index (χ0) is 17.2. The third-order valence-electron chi connectivity index (χ3n) is 4.04. The summed E-state index contributed by atoms with van der Waals surface area (Å²) in [6, 6.07) is 23.8. The van der Waals surface area contributed by atoms with E-state index in [1.165, 1.54) is 5.56 Å². The molecule has 0 atom stereocenters. The zero-order valence-electron chi connectivity index (χ0n) is 13.7. The van der Waals surface area contributed by atoms with Crippen LogP contribution in [-0.4, -0.2) is 9.97 Å². The fraction of sp³-hybridized carbons (Fsp3) is 0.0476. The van der Waals surface area contributed by atoms with Gasteiger partial charge in [-0.05, 0) is 31.2 Å². The number of rotatable bonds is 3. The summed E-state index contributed by atoms with van der Waals surface area (Å²) >= 11 is 6.29. The third-order valence-corrected chi connectivity index (χ3v) is 4.37. The minimum absolute atomic E-state index is 0.655. The van der Waals surface area contributed by atoms with Crippen molar-refractivity contribution in [1.29, 1.82) is 0 Å². The van der Waals surface area contributed by atoms with Crippen LogP contribution in [0.4, 0.5) is 11.5 Å². The molecular formula is C21H16ClN3. The Labute approximate surface area is 151 Å². The first-order valence-electron chi connectivity index (χ1n) is 8.06. The second-order valence-electron chi connectivity index (χ2n) is 5.88. The molecule has 0 radical (unpaired) electrons. The Kier molecular flexibility index (Phi) is 4.08. The number of hydrogen-bond acceptors (Lipinski definition) is 3. The summed E-state index contributed by atoms with van der Waals surface area (Å²) in [5.41, 5.74) is 3.91. The molecule has 122 valence electrons. The summed E-state index contributed by atoms with van der Waals surface area (Å²) < 4.78 is 0. The molecule has 0 spiro atoms. The maximum atomic E-state index is 6.29. The van der Waals surface area contributed by atoms with Gasteiger partial charge in [-0.1, -0.05) is 65.7 Å². The molecular weight excluding hydrogens is 330 g/mol. The second-order valence-corrected chi connectivity index (χ2v) is 6.29. The molecule has 25 heavy (non-hydrogen) atoms. The van der Waals surface area contributed by atoms with Crippen LogP contribution in [0.25, 0.3) is 22.3 Å². The number of aromatic nitrogens is 2. The molecule has 1 aromatic heterocycles. The predicted octanol–water partition coefficient (Wildman–Crippen LogP) is 6.00. The number of nitrogens with zero attached hydrogens (tertiary/aromatic N) is 2. The first-order valence-corrected chi connectivity index (χ1v) is 8.44. The minimum atomic E-state index is 0.655. The minimum Gasteiger partial charge on any atom is -0.338 e. The highest BCUT2D eigenvalue weighted by molar-refractivity contribution is 6.33. The number of hydrogen-bond donors (Lipinski definition) is 1. The molecule has 0 unspecified atom stereocenters. The van der Waals surface area contributed by atoms with E-state index in [-0.39, 0.29) is 0 Å². The van der Waals surface area contributed by atoms with Crippen molar-refractivity contribution < 1.29 is 0 Å². The molecule has 1 N–H and O–H groups in total. The summed E-state index contributed by atoms with van der Waals surface area (Å²) in [4.78, 5) is 9.47. The van der Waals surface area contributed by atoms with Gasteiger partial charge in [0.1, 0.15) is 5.82 Å². The topological polar surface area (TPSA) is 37.8 Å². The van der Waals surface area contributed by atoms with Gasteiger partial charge in [0.2, 0.25) is 0 Å². The molecule has 3 aromatic carbocycles. The quantitative estimate of drug-likeness (QED) is 0.494. The highest BCUT2D eigenvalue weighted by Crippen LogP contribution is 2.30. The monoisotopic (exact) mass is 345 g/mol. The molecule has 0 saturated carbocycles. The van der Waals surface area contributed by atoms with Crippen LogP contribution < -0.4 is 5.32 Å². The second kappa shape index (κ2) is 6.54. The Morgan fingerprint density at radius 1 is 0.800 bits per heavy atom. The molecule has 1 heterocycles. The average Bonchev–Trinajstić information content (AvgIpc) is 2.64. The van der Waals surface area contributed by atoms with Gasteiger partial charge in [0, 0.05) is 10.9 Å². The van der Waals surface area contributed by atoms with Crippen molar-refractivity contribution in [1.82, 2.24) is 9.97 Å². The van der Waals surface area contributed by atoms with Gasteiger partial charge < -0.3 is 5.32 Å². The van der Waals surface area contributed by atoms with Gasteiger partial charge in [-0.15, -0.1) is 0 Å². The molecule has 4 heteroatoms. The SMILES string of the molecule is Cc1ccc(-c2nc(Nc3ccccc3Cl)c3ccccc3n2)cc1. The molecule has 0 aliphatic heterocycles. The van der Waals surface area contributed by atoms with Gasteiger partial charge in [0.05, 0.1) is 16.2 Å². The smallest absolute Gasteiger partial charge is 0.162 e. The van der Waals surface area contributed by atoms with Crippen molar-refractivity contribution in [2.24, 2.45) is 0 Å². The van der Waals surface area contributed by atoms with Crippen molar-refractivity contribution >= 4 is 34.0 Å². The number of fused-ring (bicyclic) bond motifs is 1. The maximum absolute atomic E-state index is 6.29. The standard InChI is InChI=1S/C21H16ClN3/c1-14-10-12-15(13-11-14)20-23-18-8-4-2-6-16(18)21(25-20)24-19-9-5-3-7-17(19)22/h2-13H,1H3,(H,23,24,25). The van der Waals surface area contributed by atoms with E-state index in [9.17, 15) is 0 Å². The lowest BCUT2D eigenvalue weighted by atomic mass is 10.1. The Morgan fingerprint density at radius 3 is 2.32 bits per heavy atom. The lowest BCUT2D eigenvalue weighted by molar-refractivity contribution is 1.22. The van der Waals surface area contributed by atoms with Crippen molar-refractivity contribution in [3.8, 4) is 11.4 Å². The Hall–Kier alpha value is -2.91. The van der Waals surface area contributed by atoms with E-state index < -0.39 is 0 Å². The summed E-state index contributed by atoms with van der Waals surface area (Å²) in [5.74, 6) is 1.43. The largest absolute Gasteiger partial charge is 0.338 e. The number of anilines is 2. The van der Waals surface area contributed by atoms with Gasteiger partial charge in [0.15, 0.2) is 5.82 Å². The predicted molar refractivity (Wildman–Crippen MR) is 104 cm³/mol.